The number of rotatable bonds is 3. The zero-order valence-corrected chi connectivity index (χ0v) is 7.32. The van der Waals surface area contributed by atoms with Crippen LogP contribution in [0, 0.1) is 0 Å². The van der Waals surface area contributed by atoms with Crippen LogP contribution in [0.3, 0.4) is 0 Å². The summed E-state index contributed by atoms with van der Waals surface area (Å²) in [5, 5.41) is 0. The van der Waals surface area contributed by atoms with Gasteiger partial charge in [-0.15, -0.1) is 0 Å². The van der Waals surface area contributed by atoms with E-state index in [0.29, 0.717) is 17.9 Å². The number of nitrogens with two attached hydrogens (primary N) is 1. The quantitative estimate of drug-likeness (QED) is 0.561. The minimum atomic E-state index is -0.443. The summed E-state index contributed by atoms with van der Waals surface area (Å²) in [6.07, 6.45) is 4.18. The summed E-state index contributed by atoms with van der Waals surface area (Å²) >= 11 is 0. The predicted molar refractivity (Wildman–Crippen MR) is 47.5 cm³/mol. The van der Waals surface area contributed by atoms with Crippen molar-refractivity contribution in [1.29, 1.82) is 0 Å². The lowest BCUT2D eigenvalue weighted by molar-refractivity contribution is -0.137. The molecule has 1 rings (SSSR count). The number of hydrogen-bond acceptors (Lipinski definition) is 4. The second-order valence-electron chi connectivity index (χ2n) is 2.36. The average molecular weight is 181 g/mol. The van der Waals surface area contributed by atoms with Crippen molar-refractivity contribution >= 4 is 11.7 Å². The number of ether oxygens (including phenoxy) is 1. The molecular formula is C9H11NO3. The molecule has 0 fully saturated rings. The van der Waals surface area contributed by atoms with Gasteiger partial charge in [-0.3, -0.25) is 0 Å². The van der Waals surface area contributed by atoms with Crippen LogP contribution >= 0.6 is 0 Å². The van der Waals surface area contributed by atoms with E-state index in [-0.39, 0.29) is 0 Å². The van der Waals surface area contributed by atoms with Gasteiger partial charge in [0.1, 0.15) is 0 Å². The first-order valence-electron chi connectivity index (χ1n) is 3.90. The summed E-state index contributed by atoms with van der Waals surface area (Å²) in [7, 11) is 0. The first-order valence-corrected chi connectivity index (χ1v) is 3.90. The Morgan fingerprint density at radius 1 is 1.77 bits per heavy atom. The highest BCUT2D eigenvalue weighted by Gasteiger charge is 2.01. The molecule has 0 aliphatic rings. The van der Waals surface area contributed by atoms with Crippen LogP contribution in [0.15, 0.2) is 29.1 Å². The Morgan fingerprint density at radius 2 is 2.54 bits per heavy atom. The van der Waals surface area contributed by atoms with Crippen LogP contribution in [0.2, 0.25) is 0 Å². The first kappa shape index (κ1) is 9.38. The molecule has 1 aromatic heterocycles. The summed E-state index contributed by atoms with van der Waals surface area (Å²) in [6, 6.07) is 1.67. The lowest BCUT2D eigenvalue weighted by atomic mass is 10.2. The van der Waals surface area contributed by atoms with E-state index < -0.39 is 5.97 Å². The molecule has 0 spiro atoms. The van der Waals surface area contributed by atoms with Gasteiger partial charge >= 0.3 is 5.97 Å². The Bertz CT molecular complexity index is 301. The Labute approximate surface area is 76.0 Å². The van der Waals surface area contributed by atoms with E-state index in [1.807, 2.05) is 0 Å². The molecule has 1 aromatic rings. The van der Waals surface area contributed by atoms with E-state index in [9.17, 15) is 4.79 Å². The number of esters is 1. The fourth-order valence-corrected chi connectivity index (χ4v) is 0.823. The average Bonchev–Trinajstić information content (AvgIpc) is 2.55. The van der Waals surface area contributed by atoms with Crippen LogP contribution in [0.4, 0.5) is 0 Å². The first-order chi connectivity index (χ1) is 6.24. The minimum absolute atomic E-state index is 0.340. The highest BCUT2D eigenvalue weighted by Crippen LogP contribution is 2.08. The fourth-order valence-electron chi connectivity index (χ4n) is 0.823. The van der Waals surface area contributed by atoms with Crippen LogP contribution in [-0.4, -0.2) is 12.6 Å². The summed E-state index contributed by atoms with van der Waals surface area (Å²) < 4.78 is 9.49. The molecule has 0 saturated heterocycles. The summed E-state index contributed by atoms with van der Waals surface area (Å²) in [5.74, 6) is -0.443. The lowest BCUT2D eigenvalue weighted by Crippen LogP contribution is -2.04. The second kappa shape index (κ2) is 4.35. The van der Waals surface area contributed by atoms with Gasteiger partial charge in [0.25, 0.3) is 0 Å². The monoisotopic (exact) mass is 181 g/mol. The SMILES string of the molecule is CCOC(=O)/C=C(\N)c1ccoc1. The summed E-state index contributed by atoms with van der Waals surface area (Å²) in [6.45, 7) is 2.08. The van der Waals surface area contributed by atoms with E-state index in [4.69, 9.17) is 10.2 Å². The third-order valence-electron chi connectivity index (χ3n) is 1.41. The highest BCUT2D eigenvalue weighted by atomic mass is 16.5. The van der Waals surface area contributed by atoms with Crippen molar-refractivity contribution in [2.45, 2.75) is 6.92 Å². The van der Waals surface area contributed by atoms with Crippen molar-refractivity contribution in [2.24, 2.45) is 5.73 Å². The largest absolute Gasteiger partial charge is 0.472 e. The molecule has 4 heteroatoms. The summed E-state index contributed by atoms with van der Waals surface area (Å²) in [5.41, 5.74) is 6.59. The van der Waals surface area contributed by atoms with Gasteiger partial charge in [0, 0.05) is 17.3 Å². The molecule has 0 bridgehead atoms. The predicted octanol–water partition coefficient (Wildman–Crippen LogP) is 1.14. The second-order valence-corrected chi connectivity index (χ2v) is 2.36. The standard InChI is InChI=1S/C9H11NO3/c1-2-13-9(11)5-8(10)7-3-4-12-6-7/h3-6H,2,10H2,1H3/b8-5-. The van der Waals surface area contributed by atoms with Crippen LogP contribution in [0.25, 0.3) is 5.70 Å². The molecule has 0 saturated carbocycles. The summed E-state index contributed by atoms with van der Waals surface area (Å²) in [4.78, 5) is 10.9. The maximum Gasteiger partial charge on any atom is 0.332 e. The smallest absolute Gasteiger partial charge is 0.332 e. The van der Waals surface area contributed by atoms with E-state index in [1.54, 1.807) is 13.0 Å². The topological polar surface area (TPSA) is 65.5 Å². The molecule has 70 valence electrons. The van der Waals surface area contributed by atoms with E-state index in [0.717, 1.165) is 0 Å². The molecule has 0 radical (unpaired) electrons. The Hall–Kier alpha value is -1.71. The van der Waals surface area contributed by atoms with Crippen molar-refractivity contribution in [3.63, 3.8) is 0 Å². The molecule has 0 aliphatic heterocycles. The van der Waals surface area contributed by atoms with Gasteiger partial charge in [0.05, 0.1) is 19.1 Å². The van der Waals surface area contributed by atoms with Gasteiger partial charge in [-0.25, -0.2) is 4.79 Å². The number of furan rings is 1. The van der Waals surface area contributed by atoms with Crippen molar-refractivity contribution < 1.29 is 13.9 Å². The van der Waals surface area contributed by atoms with Crippen molar-refractivity contribution in [3.8, 4) is 0 Å². The van der Waals surface area contributed by atoms with Gasteiger partial charge in [-0.2, -0.15) is 0 Å². The van der Waals surface area contributed by atoms with Crippen molar-refractivity contribution in [2.75, 3.05) is 6.61 Å². The molecule has 0 atom stereocenters. The number of carbonyl (C=O) groups excluding carboxylic acids is 1. The van der Waals surface area contributed by atoms with E-state index >= 15 is 0 Å². The lowest BCUT2D eigenvalue weighted by Gasteiger charge is -1.97. The van der Waals surface area contributed by atoms with Gasteiger partial charge in [-0.1, -0.05) is 0 Å². The van der Waals surface area contributed by atoms with Crippen LogP contribution < -0.4 is 5.73 Å². The number of carbonyl (C=O) groups is 1. The third kappa shape index (κ3) is 2.66. The third-order valence-corrected chi connectivity index (χ3v) is 1.41. The Kier molecular flexibility index (Phi) is 3.14. The van der Waals surface area contributed by atoms with Gasteiger partial charge < -0.3 is 14.9 Å². The van der Waals surface area contributed by atoms with E-state index in [1.165, 1.54) is 18.6 Å². The van der Waals surface area contributed by atoms with Crippen molar-refractivity contribution in [1.82, 2.24) is 0 Å². The molecule has 0 aromatic carbocycles. The van der Waals surface area contributed by atoms with Crippen LogP contribution in [-0.2, 0) is 9.53 Å². The van der Waals surface area contributed by atoms with Crippen molar-refractivity contribution in [3.05, 3.63) is 30.2 Å². The Morgan fingerprint density at radius 3 is 3.08 bits per heavy atom. The molecule has 0 amide bonds. The highest BCUT2D eigenvalue weighted by molar-refractivity contribution is 5.90. The van der Waals surface area contributed by atoms with E-state index in [2.05, 4.69) is 4.74 Å². The normalized spacial score (nSPS) is 11.3. The molecule has 13 heavy (non-hydrogen) atoms. The van der Waals surface area contributed by atoms with Gasteiger partial charge in [0.15, 0.2) is 0 Å². The number of hydrogen-bond donors (Lipinski definition) is 1. The molecule has 0 unspecified atom stereocenters. The molecule has 4 nitrogen and oxygen atoms in total. The molecule has 2 N–H and O–H groups in total. The zero-order chi connectivity index (χ0) is 9.68. The minimum Gasteiger partial charge on any atom is -0.472 e. The Balaban J connectivity index is 2.67. The van der Waals surface area contributed by atoms with Crippen LogP contribution in [0.5, 0.6) is 0 Å². The molecule has 0 aliphatic carbocycles. The maximum atomic E-state index is 10.9. The molecular weight excluding hydrogens is 170 g/mol. The molecule has 1 heterocycles. The van der Waals surface area contributed by atoms with Gasteiger partial charge in [-0.05, 0) is 13.0 Å². The fraction of sp³-hybridized carbons (Fsp3) is 0.222. The maximum absolute atomic E-state index is 10.9. The zero-order valence-electron chi connectivity index (χ0n) is 7.32. The van der Waals surface area contributed by atoms with Gasteiger partial charge in [0.2, 0.25) is 0 Å². The van der Waals surface area contributed by atoms with Crippen LogP contribution in [0.1, 0.15) is 12.5 Å².